The van der Waals surface area contributed by atoms with E-state index in [2.05, 4.69) is 37.3 Å². The summed E-state index contributed by atoms with van der Waals surface area (Å²) in [5.41, 5.74) is 2.38. The summed E-state index contributed by atoms with van der Waals surface area (Å²) >= 11 is 0. The molecule has 1 N–H and O–H groups in total. The molecule has 1 saturated carbocycles. The van der Waals surface area contributed by atoms with E-state index in [0.717, 1.165) is 79.8 Å². The number of quaternary nitrogens is 1. The molecule has 35 heavy (non-hydrogen) atoms. The number of aliphatic hydroxyl groups is 1. The summed E-state index contributed by atoms with van der Waals surface area (Å²) in [7, 11) is 4.45. The first-order valence-corrected chi connectivity index (χ1v) is 12.7. The van der Waals surface area contributed by atoms with Gasteiger partial charge in [0.15, 0.2) is 11.4 Å². The summed E-state index contributed by atoms with van der Waals surface area (Å²) in [5.74, 6) is 2.43. The zero-order valence-electron chi connectivity index (χ0n) is 20.9. The van der Waals surface area contributed by atoms with Gasteiger partial charge in [0, 0.05) is 18.8 Å². The summed E-state index contributed by atoms with van der Waals surface area (Å²) in [6.07, 6.45) is 9.34. The minimum absolute atomic E-state index is 0. The van der Waals surface area contributed by atoms with Crippen molar-refractivity contribution in [2.75, 3.05) is 27.2 Å². The quantitative estimate of drug-likeness (QED) is 0.445. The van der Waals surface area contributed by atoms with E-state index < -0.39 is 5.60 Å². The maximum Gasteiger partial charge on any atom is 0.231 e. The molecule has 5 nitrogen and oxygen atoms in total. The number of benzene rings is 2. The topological polar surface area (TPSA) is 55.5 Å². The lowest BCUT2D eigenvalue weighted by Crippen LogP contribution is -3.00. The highest BCUT2D eigenvalue weighted by molar-refractivity contribution is 5.39. The summed E-state index contributed by atoms with van der Waals surface area (Å²) in [6.45, 7) is 2.52. The molecule has 5 rings (SSSR count). The fourth-order valence-electron chi connectivity index (χ4n) is 5.63. The van der Waals surface area contributed by atoms with Gasteiger partial charge in [-0.15, -0.1) is 0 Å². The highest BCUT2D eigenvalue weighted by atomic mass is 79.9. The number of fused-ring (bicyclic) bond motifs is 1. The van der Waals surface area contributed by atoms with Gasteiger partial charge in [0.25, 0.3) is 0 Å². The van der Waals surface area contributed by atoms with Crippen molar-refractivity contribution in [1.29, 1.82) is 0 Å². The van der Waals surface area contributed by atoms with Crippen LogP contribution in [-0.2, 0) is 25.0 Å². The van der Waals surface area contributed by atoms with Crippen molar-refractivity contribution in [2.45, 2.75) is 57.1 Å². The number of hydrogen-bond donors (Lipinski definition) is 1. The van der Waals surface area contributed by atoms with Crippen LogP contribution in [0.25, 0.3) is 0 Å². The molecule has 1 atom stereocenters. The molecule has 1 fully saturated rings. The molecule has 6 heteroatoms. The fraction of sp³-hybridized carbons (Fsp3) is 0.483. The monoisotopic (exact) mass is 540 g/mol. The molecule has 0 radical (unpaired) electrons. The van der Waals surface area contributed by atoms with E-state index in [9.17, 15) is 5.11 Å². The summed E-state index contributed by atoms with van der Waals surface area (Å²) in [4.78, 5) is 4.64. The predicted molar refractivity (Wildman–Crippen MR) is 133 cm³/mol. The number of likely N-dealkylation sites (N-methyl/N-ethyl adjacent to an activating group) is 1. The Labute approximate surface area is 219 Å². The standard InChI is InChI=1S/C29H37N2O3.BrH/c1-31(2,17-15-22-13-14-27-23(19-22)16-18-33-27)21-26-20-30-28(34-26)29(32,24-9-5-3-6-10-24)25-11-7-4-8-12-25;/h3,5-6,9-10,13-14,19-20,25,32H,4,7-8,11-12,15-18,21H2,1-2H3;1H/q+1;/p-1/t29-;/m0./s1. The number of rotatable bonds is 8. The molecule has 2 heterocycles. The van der Waals surface area contributed by atoms with Crippen molar-refractivity contribution in [3.63, 3.8) is 0 Å². The first-order valence-electron chi connectivity index (χ1n) is 12.7. The number of hydrogen-bond acceptors (Lipinski definition) is 4. The van der Waals surface area contributed by atoms with Gasteiger partial charge in [0.2, 0.25) is 5.89 Å². The molecule has 0 spiro atoms. The van der Waals surface area contributed by atoms with Crippen LogP contribution < -0.4 is 21.7 Å². The van der Waals surface area contributed by atoms with Crippen LogP contribution in [0.15, 0.2) is 59.1 Å². The van der Waals surface area contributed by atoms with Gasteiger partial charge in [-0.2, -0.15) is 0 Å². The molecule has 1 aliphatic heterocycles. The zero-order chi connectivity index (χ0) is 23.6. The van der Waals surface area contributed by atoms with Crippen LogP contribution in [0.2, 0.25) is 0 Å². The Morgan fingerprint density at radius 3 is 2.60 bits per heavy atom. The number of aromatic nitrogens is 1. The Morgan fingerprint density at radius 1 is 1.06 bits per heavy atom. The second kappa shape index (κ2) is 10.9. The smallest absolute Gasteiger partial charge is 0.231 e. The average Bonchev–Trinajstić information content (AvgIpc) is 3.52. The van der Waals surface area contributed by atoms with Crippen molar-refractivity contribution in [2.24, 2.45) is 5.92 Å². The van der Waals surface area contributed by atoms with Crippen LogP contribution in [0, 0.1) is 5.92 Å². The van der Waals surface area contributed by atoms with E-state index in [1.165, 1.54) is 17.5 Å². The van der Waals surface area contributed by atoms with Gasteiger partial charge in [-0.1, -0.05) is 61.7 Å². The van der Waals surface area contributed by atoms with Gasteiger partial charge in [-0.05, 0) is 35.6 Å². The second-order valence-corrected chi connectivity index (χ2v) is 10.7. The molecule has 2 aromatic carbocycles. The van der Waals surface area contributed by atoms with E-state index >= 15 is 0 Å². The normalized spacial score (nSPS) is 17.8. The maximum atomic E-state index is 12.0. The van der Waals surface area contributed by atoms with Gasteiger partial charge in [-0.3, -0.25) is 0 Å². The fourth-order valence-corrected chi connectivity index (χ4v) is 5.63. The highest BCUT2D eigenvalue weighted by Gasteiger charge is 2.44. The zero-order valence-corrected chi connectivity index (χ0v) is 22.5. The molecule has 1 aliphatic carbocycles. The molecule has 0 unspecified atom stereocenters. The Morgan fingerprint density at radius 2 is 1.83 bits per heavy atom. The molecule has 0 amide bonds. The third-order valence-electron chi connectivity index (χ3n) is 7.63. The van der Waals surface area contributed by atoms with E-state index in [-0.39, 0.29) is 22.9 Å². The first-order chi connectivity index (χ1) is 16.4. The number of halogens is 1. The predicted octanol–water partition coefficient (Wildman–Crippen LogP) is 2.25. The molecule has 0 bridgehead atoms. The minimum atomic E-state index is -1.18. The third-order valence-corrected chi connectivity index (χ3v) is 7.63. The summed E-state index contributed by atoms with van der Waals surface area (Å²) < 4.78 is 12.7. The van der Waals surface area contributed by atoms with E-state index in [1.54, 1.807) is 0 Å². The lowest BCUT2D eigenvalue weighted by molar-refractivity contribution is -0.904. The second-order valence-electron chi connectivity index (χ2n) is 10.7. The Balaban J connectivity index is 0.00000289. The minimum Gasteiger partial charge on any atom is -1.00 e. The van der Waals surface area contributed by atoms with Crippen molar-refractivity contribution in [3.8, 4) is 5.75 Å². The van der Waals surface area contributed by atoms with Crippen molar-refractivity contribution < 1.29 is 35.7 Å². The average molecular weight is 542 g/mol. The van der Waals surface area contributed by atoms with E-state index in [0.29, 0.717) is 5.89 Å². The van der Waals surface area contributed by atoms with Crippen LogP contribution in [0.5, 0.6) is 5.75 Å². The van der Waals surface area contributed by atoms with Gasteiger partial charge in [0.1, 0.15) is 12.3 Å². The molecule has 188 valence electrons. The molecule has 2 aliphatic rings. The Hall–Kier alpha value is -2.15. The molecule has 1 aromatic heterocycles. The van der Waals surface area contributed by atoms with Gasteiger partial charge in [0.05, 0.1) is 33.4 Å². The van der Waals surface area contributed by atoms with E-state index in [1.807, 2.05) is 36.5 Å². The van der Waals surface area contributed by atoms with Crippen molar-refractivity contribution in [1.82, 2.24) is 4.98 Å². The van der Waals surface area contributed by atoms with E-state index in [4.69, 9.17) is 9.15 Å². The molecular formula is C29H37BrN2O3. The number of ether oxygens (including phenoxy) is 1. The van der Waals surface area contributed by atoms with Crippen LogP contribution in [0.4, 0.5) is 0 Å². The van der Waals surface area contributed by atoms with Crippen molar-refractivity contribution in [3.05, 3.63) is 83.1 Å². The van der Waals surface area contributed by atoms with Crippen molar-refractivity contribution >= 4 is 0 Å². The van der Waals surface area contributed by atoms with Crippen LogP contribution in [-0.4, -0.2) is 41.8 Å². The first kappa shape index (κ1) is 25.9. The molecular weight excluding hydrogens is 504 g/mol. The summed E-state index contributed by atoms with van der Waals surface area (Å²) in [5, 5.41) is 12.0. The molecule has 0 saturated heterocycles. The van der Waals surface area contributed by atoms with Gasteiger partial charge in [-0.25, -0.2) is 4.98 Å². The number of nitrogens with zero attached hydrogens (tertiary/aromatic N) is 2. The lowest BCUT2D eigenvalue weighted by Gasteiger charge is -2.36. The third kappa shape index (κ3) is 5.65. The van der Waals surface area contributed by atoms with Crippen LogP contribution in [0.3, 0.4) is 0 Å². The van der Waals surface area contributed by atoms with Gasteiger partial charge >= 0.3 is 0 Å². The Bertz CT molecular complexity index is 1110. The maximum absolute atomic E-state index is 12.0. The highest BCUT2D eigenvalue weighted by Crippen LogP contribution is 2.43. The molecule has 3 aromatic rings. The largest absolute Gasteiger partial charge is 1.00 e. The van der Waals surface area contributed by atoms with Crippen LogP contribution >= 0.6 is 0 Å². The van der Waals surface area contributed by atoms with Gasteiger partial charge < -0.3 is 35.7 Å². The number of oxazole rings is 1. The summed E-state index contributed by atoms with van der Waals surface area (Å²) in [6, 6.07) is 16.5. The SMILES string of the molecule is C[N+](C)(CCc1ccc2c(c1)CCO2)Cc1cnc([C@](O)(c2ccccc2)C2CCCCC2)o1.[Br-]. The van der Waals surface area contributed by atoms with Crippen LogP contribution in [0.1, 0.15) is 60.4 Å². The lowest BCUT2D eigenvalue weighted by atomic mass is 9.73. The Kier molecular flexibility index (Phi) is 8.04.